The summed E-state index contributed by atoms with van der Waals surface area (Å²) in [6.07, 6.45) is 26.2. The average molecular weight is 799 g/mol. The molecule has 320 valence electrons. The maximum absolute atomic E-state index is 13.7. The van der Waals surface area contributed by atoms with Crippen LogP contribution in [0, 0.1) is 11.8 Å². The Morgan fingerprint density at radius 3 is 1.95 bits per heavy atom. The molecular weight excluding hydrogens is 725 g/mol. The van der Waals surface area contributed by atoms with Crippen LogP contribution in [0.25, 0.3) is 0 Å². The molecule has 2 heterocycles. The largest absolute Gasteiger partial charge is 0.465 e. The molecule has 2 aromatic carbocycles. The molecule has 2 aliphatic rings. The van der Waals surface area contributed by atoms with E-state index in [1.54, 1.807) is 0 Å². The molecule has 2 atom stereocenters. The molecule has 0 amide bonds. The van der Waals surface area contributed by atoms with Crippen LogP contribution < -0.4 is 0 Å². The first-order chi connectivity index (χ1) is 28.5. The van der Waals surface area contributed by atoms with Gasteiger partial charge >= 0.3 is 17.9 Å². The smallest absolute Gasteiger partial charge is 0.313 e. The second-order valence-electron chi connectivity index (χ2n) is 16.4. The highest BCUT2D eigenvalue weighted by molar-refractivity contribution is 5.78. The van der Waals surface area contributed by atoms with Gasteiger partial charge in [-0.15, -0.1) is 0 Å². The van der Waals surface area contributed by atoms with Gasteiger partial charge in [-0.05, 0) is 114 Å². The van der Waals surface area contributed by atoms with E-state index in [-0.39, 0.29) is 43.6 Å². The van der Waals surface area contributed by atoms with Crippen molar-refractivity contribution >= 4 is 17.9 Å². The van der Waals surface area contributed by atoms with E-state index < -0.39 is 11.8 Å². The highest BCUT2D eigenvalue weighted by Gasteiger charge is 2.32. The number of piperidine rings is 2. The third kappa shape index (κ3) is 18.4. The number of ether oxygens (including phenoxy) is 3. The van der Waals surface area contributed by atoms with Crippen molar-refractivity contribution < 1.29 is 28.6 Å². The lowest BCUT2D eigenvalue weighted by Crippen LogP contribution is -2.48. The highest BCUT2D eigenvalue weighted by Crippen LogP contribution is 2.26. The summed E-state index contributed by atoms with van der Waals surface area (Å²) in [6.45, 7) is 9.74. The minimum atomic E-state index is -0.493. The summed E-state index contributed by atoms with van der Waals surface area (Å²) >= 11 is 0. The Bertz CT molecular complexity index is 1460. The quantitative estimate of drug-likeness (QED) is 0.0382. The van der Waals surface area contributed by atoms with Gasteiger partial charge in [-0.25, -0.2) is 0 Å². The molecule has 2 unspecified atom stereocenters. The van der Waals surface area contributed by atoms with Crippen molar-refractivity contribution in [1.82, 2.24) is 9.80 Å². The molecule has 2 aliphatic heterocycles. The van der Waals surface area contributed by atoms with Gasteiger partial charge in [0, 0.05) is 12.5 Å². The number of nitrogens with zero attached hydrogens (tertiary/aromatic N) is 2. The lowest BCUT2D eigenvalue weighted by Gasteiger charge is -2.41. The van der Waals surface area contributed by atoms with Crippen LogP contribution in [0.3, 0.4) is 0 Å². The van der Waals surface area contributed by atoms with Gasteiger partial charge in [0.2, 0.25) is 0 Å². The van der Waals surface area contributed by atoms with E-state index in [4.69, 9.17) is 14.2 Å². The number of hydrogen-bond acceptors (Lipinski definition) is 8. The standard InChI is InChI=1S/C50H74N2O6/c1-3-5-6-7-8-9-10-11-12-13-14-15-16-17-24-29-48(53)56-39-43(40-57-49(54)45-30-36-52(37-31-45)46-32-34-51(4-2)35-33-46)41-58-50(55)47(44-27-22-19-23-28-44)38-42-25-20-18-21-26-42/h8-9,11-12,18-23,25-28,43,45-47H,3-7,10,13-17,24,29-41H2,1-2H3/b9-8-,12-11-. The maximum atomic E-state index is 13.7. The van der Waals surface area contributed by atoms with Crippen molar-refractivity contribution in [2.75, 3.05) is 52.5 Å². The summed E-state index contributed by atoms with van der Waals surface area (Å²) in [5.74, 6) is -1.93. The number of esters is 3. The van der Waals surface area contributed by atoms with Crippen molar-refractivity contribution in [3.8, 4) is 0 Å². The third-order valence-corrected chi connectivity index (χ3v) is 11.9. The monoisotopic (exact) mass is 799 g/mol. The van der Waals surface area contributed by atoms with Crippen LogP contribution in [0.1, 0.15) is 134 Å². The van der Waals surface area contributed by atoms with Crippen LogP contribution in [-0.2, 0) is 35.0 Å². The van der Waals surface area contributed by atoms with Crippen LogP contribution in [-0.4, -0.2) is 86.3 Å². The summed E-state index contributed by atoms with van der Waals surface area (Å²) < 4.78 is 17.6. The lowest BCUT2D eigenvalue weighted by atomic mass is 9.92. The van der Waals surface area contributed by atoms with Gasteiger partial charge in [-0.3, -0.25) is 14.4 Å². The predicted molar refractivity (Wildman–Crippen MR) is 234 cm³/mol. The number of unbranched alkanes of at least 4 members (excludes halogenated alkanes) is 8. The fraction of sp³-hybridized carbons (Fsp3) is 0.620. The normalized spacial score (nSPS) is 17.1. The number of allylic oxidation sites excluding steroid dienone is 4. The van der Waals surface area contributed by atoms with Crippen molar-refractivity contribution in [2.24, 2.45) is 11.8 Å². The highest BCUT2D eigenvalue weighted by atomic mass is 16.6. The Hall–Kier alpha value is -3.75. The Labute approximate surface area is 350 Å². The minimum absolute atomic E-state index is 0.00386. The van der Waals surface area contributed by atoms with Gasteiger partial charge < -0.3 is 24.0 Å². The second-order valence-corrected chi connectivity index (χ2v) is 16.4. The summed E-state index contributed by atoms with van der Waals surface area (Å²) in [7, 11) is 0. The molecule has 4 rings (SSSR count). The Kier molecular flexibility index (Phi) is 23.2. The van der Waals surface area contributed by atoms with Crippen LogP contribution in [0.15, 0.2) is 85.0 Å². The van der Waals surface area contributed by atoms with Gasteiger partial charge in [-0.2, -0.15) is 0 Å². The predicted octanol–water partition coefficient (Wildman–Crippen LogP) is 10.3. The molecule has 0 aromatic heterocycles. The van der Waals surface area contributed by atoms with E-state index in [9.17, 15) is 14.4 Å². The van der Waals surface area contributed by atoms with Crippen molar-refractivity contribution in [1.29, 1.82) is 0 Å². The molecular formula is C50H74N2O6. The van der Waals surface area contributed by atoms with Gasteiger partial charge in [0.25, 0.3) is 0 Å². The fourth-order valence-corrected chi connectivity index (χ4v) is 8.10. The fourth-order valence-electron chi connectivity index (χ4n) is 8.10. The summed E-state index contributed by atoms with van der Waals surface area (Å²) in [5.41, 5.74) is 1.92. The number of hydrogen-bond donors (Lipinski definition) is 0. The van der Waals surface area contributed by atoms with Gasteiger partial charge in [0.1, 0.15) is 19.8 Å². The molecule has 0 radical (unpaired) electrons. The number of carbonyl (C=O) groups is 3. The number of likely N-dealkylation sites (tertiary alicyclic amines) is 2. The molecule has 2 fully saturated rings. The third-order valence-electron chi connectivity index (χ3n) is 11.9. The Morgan fingerprint density at radius 1 is 0.672 bits per heavy atom. The van der Waals surface area contributed by atoms with Crippen molar-refractivity contribution in [3.63, 3.8) is 0 Å². The molecule has 0 spiro atoms. The summed E-state index contributed by atoms with van der Waals surface area (Å²) in [6, 6.07) is 20.2. The van der Waals surface area contributed by atoms with E-state index in [2.05, 4.69) is 48.0 Å². The molecule has 58 heavy (non-hydrogen) atoms. The van der Waals surface area contributed by atoms with Crippen LogP contribution in [0.2, 0.25) is 0 Å². The summed E-state index contributed by atoms with van der Waals surface area (Å²) in [5, 5.41) is 0. The van der Waals surface area contributed by atoms with Crippen LogP contribution in [0.4, 0.5) is 0 Å². The van der Waals surface area contributed by atoms with Crippen molar-refractivity contribution in [2.45, 2.75) is 135 Å². The second kappa shape index (κ2) is 28.6. The van der Waals surface area contributed by atoms with E-state index in [0.717, 1.165) is 102 Å². The molecule has 0 saturated carbocycles. The zero-order valence-electron chi connectivity index (χ0n) is 35.9. The molecule has 0 bridgehead atoms. The average Bonchev–Trinajstić information content (AvgIpc) is 3.27. The van der Waals surface area contributed by atoms with Gasteiger partial charge in [-0.1, -0.05) is 131 Å². The molecule has 8 heteroatoms. The summed E-state index contributed by atoms with van der Waals surface area (Å²) in [4.78, 5) is 44.9. The maximum Gasteiger partial charge on any atom is 0.313 e. The van der Waals surface area contributed by atoms with E-state index in [0.29, 0.717) is 18.9 Å². The Morgan fingerprint density at radius 2 is 1.28 bits per heavy atom. The molecule has 2 aromatic rings. The minimum Gasteiger partial charge on any atom is -0.465 e. The van der Waals surface area contributed by atoms with E-state index in [1.807, 2.05) is 60.7 Å². The topological polar surface area (TPSA) is 85.4 Å². The number of rotatable bonds is 27. The van der Waals surface area contributed by atoms with Gasteiger partial charge in [0.15, 0.2) is 0 Å². The Balaban J connectivity index is 1.21. The SMILES string of the molecule is CCCCC/C=C\C/C=C\CCCCCCCC(=O)OCC(COC(=O)C1CCN(C2CCN(CC)CC2)CC1)COC(=O)C(Cc1ccccc1)c1ccccc1. The first kappa shape index (κ1) is 46.9. The number of benzene rings is 2. The van der Waals surface area contributed by atoms with Gasteiger partial charge in [0.05, 0.1) is 17.8 Å². The molecule has 8 nitrogen and oxygen atoms in total. The lowest BCUT2D eigenvalue weighted by molar-refractivity contribution is -0.157. The van der Waals surface area contributed by atoms with E-state index >= 15 is 0 Å². The first-order valence-electron chi connectivity index (χ1n) is 22.8. The molecule has 2 saturated heterocycles. The zero-order chi connectivity index (χ0) is 41.0. The molecule has 0 aliphatic carbocycles. The van der Waals surface area contributed by atoms with Crippen molar-refractivity contribution in [3.05, 3.63) is 96.1 Å². The first-order valence-corrected chi connectivity index (χ1v) is 22.8. The van der Waals surface area contributed by atoms with E-state index in [1.165, 1.54) is 38.5 Å². The zero-order valence-corrected chi connectivity index (χ0v) is 35.9. The molecule has 0 N–H and O–H groups in total. The van der Waals surface area contributed by atoms with Crippen LogP contribution >= 0.6 is 0 Å². The van der Waals surface area contributed by atoms with Crippen LogP contribution in [0.5, 0.6) is 0 Å². The number of carbonyl (C=O) groups excluding carboxylic acids is 3.